The van der Waals surface area contributed by atoms with E-state index in [2.05, 4.69) is 74.7 Å². The summed E-state index contributed by atoms with van der Waals surface area (Å²) in [6, 6.07) is 18.4. The number of allylic oxidation sites excluding steroid dienone is 1. The van der Waals surface area contributed by atoms with Crippen LogP contribution >= 0.6 is 11.3 Å². The molecule has 1 aromatic carbocycles. The molecule has 2 aromatic rings. The summed E-state index contributed by atoms with van der Waals surface area (Å²) in [7, 11) is -1.64. The highest BCUT2D eigenvalue weighted by Crippen LogP contribution is 2.31. The van der Waals surface area contributed by atoms with Gasteiger partial charge in [-0.1, -0.05) is 57.2 Å². The minimum atomic E-state index is -1.64. The molecular formula is C19H26OSSi. The van der Waals surface area contributed by atoms with Gasteiger partial charge in [-0.25, -0.2) is 0 Å². The van der Waals surface area contributed by atoms with Gasteiger partial charge in [0.15, 0.2) is 0 Å². The third kappa shape index (κ3) is 4.34. The lowest BCUT2D eigenvalue weighted by atomic mass is 10.1. The van der Waals surface area contributed by atoms with Crippen molar-refractivity contribution in [3.8, 4) is 0 Å². The Bertz CT molecular complexity index is 562. The van der Waals surface area contributed by atoms with Crippen molar-refractivity contribution in [1.82, 2.24) is 0 Å². The lowest BCUT2D eigenvalue weighted by Crippen LogP contribution is -2.35. The van der Waals surface area contributed by atoms with Gasteiger partial charge in [0.25, 0.3) is 8.32 Å². The molecule has 3 heteroatoms. The molecule has 0 atom stereocenters. The highest BCUT2D eigenvalue weighted by Gasteiger charge is 2.31. The number of hydrogen-bond donors (Lipinski definition) is 0. The monoisotopic (exact) mass is 330 g/mol. The predicted octanol–water partition coefficient (Wildman–Crippen LogP) is 6.35. The van der Waals surface area contributed by atoms with Crippen LogP contribution in [0, 0.1) is 0 Å². The largest absolute Gasteiger partial charge is 0.543 e. The van der Waals surface area contributed by atoms with Crippen molar-refractivity contribution in [2.75, 3.05) is 0 Å². The van der Waals surface area contributed by atoms with Gasteiger partial charge in [0.2, 0.25) is 0 Å². The SMILES string of the molecule is CC[Si](CC)(CC)O/C(=C/Cc1ccccc1)c1cccs1. The Morgan fingerprint density at radius 1 is 1.00 bits per heavy atom. The van der Waals surface area contributed by atoms with Crippen molar-refractivity contribution in [3.63, 3.8) is 0 Å². The fourth-order valence-corrected chi connectivity index (χ4v) is 6.00. The fourth-order valence-electron chi connectivity index (χ4n) is 2.64. The zero-order valence-electron chi connectivity index (χ0n) is 13.8. The van der Waals surface area contributed by atoms with E-state index in [1.807, 2.05) is 0 Å². The Labute approximate surface area is 139 Å². The highest BCUT2D eigenvalue weighted by molar-refractivity contribution is 7.11. The fraction of sp³-hybridized carbons (Fsp3) is 0.368. The summed E-state index contributed by atoms with van der Waals surface area (Å²) in [5, 5.41) is 2.13. The van der Waals surface area contributed by atoms with Gasteiger partial charge in [-0.05, 0) is 47.6 Å². The lowest BCUT2D eigenvalue weighted by Gasteiger charge is -2.30. The second kappa shape index (κ2) is 8.35. The Morgan fingerprint density at radius 3 is 2.23 bits per heavy atom. The molecule has 0 radical (unpaired) electrons. The van der Waals surface area contributed by atoms with E-state index in [9.17, 15) is 0 Å². The third-order valence-corrected chi connectivity index (χ3v) is 9.79. The second-order valence-corrected chi connectivity index (χ2v) is 11.2. The van der Waals surface area contributed by atoms with Crippen molar-refractivity contribution in [1.29, 1.82) is 0 Å². The zero-order chi connectivity index (χ0) is 15.8. The van der Waals surface area contributed by atoms with Gasteiger partial charge in [-0.2, -0.15) is 0 Å². The van der Waals surface area contributed by atoms with E-state index in [4.69, 9.17) is 4.43 Å². The van der Waals surface area contributed by atoms with Crippen LogP contribution in [0.4, 0.5) is 0 Å². The number of benzene rings is 1. The third-order valence-electron chi connectivity index (χ3n) is 4.39. The quantitative estimate of drug-likeness (QED) is 0.404. The smallest absolute Gasteiger partial charge is 0.250 e. The predicted molar refractivity (Wildman–Crippen MR) is 101 cm³/mol. The van der Waals surface area contributed by atoms with Gasteiger partial charge < -0.3 is 4.43 Å². The molecule has 0 saturated heterocycles. The van der Waals surface area contributed by atoms with Crippen LogP contribution in [0.1, 0.15) is 31.2 Å². The van der Waals surface area contributed by atoms with E-state index in [-0.39, 0.29) is 0 Å². The molecule has 0 fully saturated rings. The van der Waals surface area contributed by atoms with Crippen LogP contribution in [-0.2, 0) is 10.8 Å². The first-order chi connectivity index (χ1) is 10.7. The van der Waals surface area contributed by atoms with E-state index in [1.54, 1.807) is 11.3 Å². The van der Waals surface area contributed by atoms with Gasteiger partial charge in [0.05, 0.1) is 4.88 Å². The molecule has 0 amide bonds. The van der Waals surface area contributed by atoms with Gasteiger partial charge in [0, 0.05) is 0 Å². The van der Waals surface area contributed by atoms with E-state index >= 15 is 0 Å². The average molecular weight is 331 g/mol. The first-order valence-electron chi connectivity index (χ1n) is 8.20. The molecule has 0 aliphatic rings. The Hall–Kier alpha value is -1.32. The molecule has 1 heterocycles. The van der Waals surface area contributed by atoms with Crippen LogP contribution < -0.4 is 0 Å². The van der Waals surface area contributed by atoms with Crippen LogP contribution in [0.3, 0.4) is 0 Å². The van der Waals surface area contributed by atoms with Crippen LogP contribution in [0.15, 0.2) is 53.9 Å². The van der Waals surface area contributed by atoms with E-state index < -0.39 is 8.32 Å². The molecule has 1 aromatic heterocycles. The van der Waals surface area contributed by atoms with Crippen LogP contribution in [0.2, 0.25) is 18.1 Å². The molecule has 22 heavy (non-hydrogen) atoms. The normalized spacial score (nSPS) is 12.4. The van der Waals surface area contributed by atoms with Crippen molar-refractivity contribution in [2.45, 2.75) is 45.3 Å². The maximum Gasteiger partial charge on any atom is 0.250 e. The molecule has 0 N–H and O–H groups in total. The van der Waals surface area contributed by atoms with Crippen molar-refractivity contribution in [3.05, 3.63) is 64.4 Å². The Kier molecular flexibility index (Phi) is 6.46. The number of thiophene rings is 1. The van der Waals surface area contributed by atoms with Crippen molar-refractivity contribution in [2.24, 2.45) is 0 Å². The summed E-state index contributed by atoms with van der Waals surface area (Å²) in [5.41, 5.74) is 1.33. The van der Waals surface area contributed by atoms with Gasteiger partial charge in [-0.15, -0.1) is 11.3 Å². The number of rotatable bonds is 8. The van der Waals surface area contributed by atoms with Gasteiger partial charge >= 0.3 is 0 Å². The topological polar surface area (TPSA) is 9.23 Å². The highest BCUT2D eigenvalue weighted by atomic mass is 32.1. The first kappa shape index (κ1) is 17.0. The molecule has 0 aliphatic carbocycles. The lowest BCUT2D eigenvalue weighted by molar-refractivity contribution is 0.491. The summed E-state index contributed by atoms with van der Waals surface area (Å²) < 4.78 is 6.66. The Morgan fingerprint density at radius 2 is 1.68 bits per heavy atom. The van der Waals surface area contributed by atoms with Gasteiger partial charge in [-0.3, -0.25) is 0 Å². The summed E-state index contributed by atoms with van der Waals surface area (Å²) in [6.07, 6.45) is 3.19. The first-order valence-corrected chi connectivity index (χ1v) is 11.6. The van der Waals surface area contributed by atoms with E-state index in [0.717, 1.165) is 12.2 Å². The van der Waals surface area contributed by atoms with Crippen molar-refractivity contribution < 1.29 is 4.43 Å². The molecule has 118 valence electrons. The molecule has 0 bridgehead atoms. The van der Waals surface area contributed by atoms with Crippen LogP contribution in [-0.4, -0.2) is 8.32 Å². The van der Waals surface area contributed by atoms with Crippen LogP contribution in [0.25, 0.3) is 5.76 Å². The standard InChI is InChI=1S/C19H26OSSi/c1-4-22(5-2,6-3)20-18(19-13-10-16-21-19)15-14-17-11-8-7-9-12-17/h7-13,15-16H,4-6,14H2,1-3H3/b18-15+. The summed E-state index contributed by atoms with van der Waals surface area (Å²) in [4.78, 5) is 1.25. The Balaban J connectivity index is 2.24. The molecule has 0 aliphatic heterocycles. The molecule has 2 rings (SSSR count). The van der Waals surface area contributed by atoms with E-state index in [1.165, 1.54) is 28.6 Å². The average Bonchev–Trinajstić information content (AvgIpc) is 3.11. The summed E-state index contributed by atoms with van der Waals surface area (Å²) >= 11 is 1.77. The molecule has 1 nitrogen and oxygen atoms in total. The minimum absolute atomic E-state index is 0.926. The molecule has 0 saturated carbocycles. The molecular weight excluding hydrogens is 304 g/mol. The van der Waals surface area contributed by atoms with Crippen molar-refractivity contribution >= 4 is 25.4 Å². The van der Waals surface area contributed by atoms with Gasteiger partial charge in [0.1, 0.15) is 5.76 Å². The van der Waals surface area contributed by atoms with E-state index in [0.29, 0.717) is 0 Å². The maximum absolute atomic E-state index is 6.66. The second-order valence-electron chi connectivity index (χ2n) is 5.58. The summed E-state index contributed by atoms with van der Waals surface area (Å²) in [6.45, 7) is 6.84. The summed E-state index contributed by atoms with van der Waals surface area (Å²) in [5.74, 6) is 1.09. The molecule has 0 unspecified atom stereocenters. The molecule has 0 spiro atoms. The number of hydrogen-bond acceptors (Lipinski definition) is 2. The van der Waals surface area contributed by atoms with Crippen LogP contribution in [0.5, 0.6) is 0 Å². The minimum Gasteiger partial charge on any atom is -0.543 e. The maximum atomic E-state index is 6.66. The zero-order valence-corrected chi connectivity index (χ0v) is 15.7.